The van der Waals surface area contributed by atoms with E-state index in [0.717, 1.165) is 17.1 Å². The molecular formula is C10H13FN2S. The number of hydrogen-bond acceptors (Lipinski definition) is 2. The van der Waals surface area contributed by atoms with Crippen LogP contribution in [-0.2, 0) is 0 Å². The van der Waals surface area contributed by atoms with Crippen molar-refractivity contribution < 1.29 is 4.39 Å². The van der Waals surface area contributed by atoms with Crippen LogP contribution in [0, 0.1) is 11.2 Å². The van der Waals surface area contributed by atoms with Gasteiger partial charge in [-0.25, -0.2) is 4.39 Å². The highest BCUT2D eigenvalue weighted by Gasteiger charge is 1.96. The summed E-state index contributed by atoms with van der Waals surface area (Å²) in [4.78, 5) is 0.925. The third-order valence-electron chi connectivity index (χ3n) is 1.66. The van der Waals surface area contributed by atoms with Crippen LogP contribution in [0.2, 0.25) is 0 Å². The first kappa shape index (κ1) is 11.0. The van der Waals surface area contributed by atoms with Crippen LogP contribution < -0.4 is 5.73 Å². The van der Waals surface area contributed by atoms with Crippen molar-refractivity contribution in [3.63, 3.8) is 0 Å². The third-order valence-corrected chi connectivity index (χ3v) is 2.74. The van der Waals surface area contributed by atoms with Crippen molar-refractivity contribution in [1.82, 2.24) is 0 Å². The van der Waals surface area contributed by atoms with Gasteiger partial charge in [0.25, 0.3) is 0 Å². The first-order valence-electron chi connectivity index (χ1n) is 4.40. The quantitative estimate of drug-likeness (QED) is 0.341. The third kappa shape index (κ3) is 4.28. The highest BCUT2D eigenvalue weighted by Crippen LogP contribution is 2.19. The maximum absolute atomic E-state index is 12.7. The lowest BCUT2D eigenvalue weighted by Crippen LogP contribution is -2.08. The highest BCUT2D eigenvalue weighted by atomic mass is 32.2. The van der Waals surface area contributed by atoms with E-state index >= 15 is 0 Å². The lowest BCUT2D eigenvalue weighted by atomic mass is 10.3. The van der Waals surface area contributed by atoms with E-state index in [-0.39, 0.29) is 11.7 Å². The fourth-order valence-corrected chi connectivity index (χ4v) is 1.90. The molecule has 0 amide bonds. The molecule has 0 aliphatic heterocycles. The molecule has 2 nitrogen and oxygen atoms in total. The molecule has 0 aliphatic rings. The summed E-state index contributed by atoms with van der Waals surface area (Å²) in [5, 5.41) is 7.02. The van der Waals surface area contributed by atoms with Gasteiger partial charge in [0.1, 0.15) is 5.82 Å². The average Bonchev–Trinajstić information content (AvgIpc) is 2.12. The number of rotatable bonds is 5. The predicted octanol–water partition coefficient (Wildman–Crippen LogP) is 2.63. The minimum Gasteiger partial charge on any atom is -0.388 e. The first-order valence-corrected chi connectivity index (χ1v) is 5.38. The van der Waals surface area contributed by atoms with Crippen LogP contribution in [0.15, 0.2) is 29.2 Å². The number of hydrogen-bond donors (Lipinski definition) is 2. The summed E-state index contributed by atoms with van der Waals surface area (Å²) in [6.45, 7) is 0. The zero-order valence-corrected chi connectivity index (χ0v) is 8.61. The maximum Gasteiger partial charge on any atom is 0.124 e. The summed E-state index contributed by atoms with van der Waals surface area (Å²) in [7, 11) is 0. The molecule has 76 valence electrons. The number of halogens is 1. The molecule has 0 unspecified atom stereocenters. The Hall–Kier alpha value is -1.03. The second kappa shape index (κ2) is 5.65. The zero-order chi connectivity index (χ0) is 10.4. The highest BCUT2D eigenvalue weighted by molar-refractivity contribution is 7.99. The Bertz CT molecular complexity index is 315. The van der Waals surface area contributed by atoms with Gasteiger partial charge in [-0.05, 0) is 30.4 Å². The molecule has 0 spiro atoms. The SMILES string of the molecule is N=C(N)CCCSc1cccc(F)c1. The molecule has 0 saturated carbocycles. The van der Waals surface area contributed by atoms with E-state index in [0.29, 0.717) is 6.42 Å². The van der Waals surface area contributed by atoms with Gasteiger partial charge >= 0.3 is 0 Å². The summed E-state index contributed by atoms with van der Waals surface area (Å²) in [5.41, 5.74) is 5.21. The fraction of sp³-hybridized carbons (Fsp3) is 0.300. The van der Waals surface area contributed by atoms with Gasteiger partial charge in [-0.1, -0.05) is 6.07 Å². The Kier molecular flexibility index (Phi) is 4.46. The summed E-state index contributed by atoms with van der Waals surface area (Å²) in [6.07, 6.45) is 1.47. The van der Waals surface area contributed by atoms with Crippen LogP contribution in [0.5, 0.6) is 0 Å². The molecule has 1 aromatic carbocycles. The lowest BCUT2D eigenvalue weighted by Gasteiger charge is -2.00. The summed E-state index contributed by atoms with van der Waals surface area (Å²) in [5.74, 6) is 0.870. The van der Waals surface area contributed by atoms with Crippen LogP contribution in [0.4, 0.5) is 4.39 Å². The topological polar surface area (TPSA) is 49.9 Å². The van der Waals surface area contributed by atoms with E-state index in [9.17, 15) is 4.39 Å². The van der Waals surface area contributed by atoms with E-state index < -0.39 is 0 Å². The second-order valence-corrected chi connectivity index (χ2v) is 4.10. The smallest absolute Gasteiger partial charge is 0.124 e. The molecule has 0 saturated heterocycles. The second-order valence-electron chi connectivity index (χ2n) is 2.93. The predicted molar refractivity (Wildman–Crippen MR) is 58.3 cm³/mol. The van der Waals surface area contributed by atoms with Gasteiger partial charge in [0, 0.05) is 11.3 Å². The summed E-state index contributed by atoms with van der Waals surface area (Å²) >= 11 is 1.58. The average molecular weight is 212 g/mol. The molecule has 0 aromatic heterocycles. The van der Waals surface area contributed by atoms with Gasteiger partial charge in [0.2, 0.25) is 0 Å². The molecule has 3 N–H and O–H groups in total. The van der Waals surface area contributed by atoms with Gasteiger partial charge < -0.3 is 5.73 Å². The monoisotopic (exact) mass is 212 g/mol. The molecule has 0 radical (unpaired) electrons. The number of nitrogens with two attached hydrogens (primary N) is 1. The molecule has 0 atom stereocenters. The standard InChI is InChI=1S/C10H13FN2S/c11-8-3-1-4-9(7-8)14-6-2-5-10(12)13/h1,3-4,7H,2,5-6H2,(H3,12,13). The Morgan fingerprint density at radius 1 is 1.50 bits per heavy atom. The molecule has 0 heterocycles. The van der Waals surface area contributed by atoms with Crippen molar-refractivity contribution in [2.75, 3.05) is 5.75 Å². The van der Waals surface area contributed by atoms with Crippen LogP contribution in [-0.4, -0.2) is 11.6 Å². The van der Waals surface area contributed by atoms with Gasteiger partial charge in [-0.15, -0.1) is 11.8 Å². The van der Waals surface area contributed by atoms with Gasteiger partial charge in [0.15, 0.2) is 0 Å². The minimum absolute atomic E-state index is 0.207. The Morgan fingerprint density at radius 3 is 2.93 bits per heavy atom. The summed E-state index contributed by atoms with van der Waals surface area (Å²) in [6, 6.07) is 6.52. The van der Waals surface area contributed by atoms with E-state index in [1.807, 2.05) is 6.07 Å². The van der Waals surface area contributed by atoms with E-state index in [4.69, 9.17) is 11.1 Å². The van der Waals surface area contributed by atoms with Crippen molar-refractivity contribution in [3.8, 4) is 0 Å². The Morgan fingerprint density at radius 2 is 2.29 bits per heavy atom. The van der Waals surface area contributed by atoms with Crippen LogP contribution in [0.1, 0.15) is 12.8 Å². The van der Waals surface area contributed by atoms with Crippen LogP contribution in [0.3, 0.4) is 0 Å². The van der Waals surface area contributed by atoms with Crippen molar-refractivity contribution in [1.29, 1.82) is 5.41 Å². The molecular weight excluding hydrogens is 199 g/mol. The minimum atomic E-state index is -0.207. The first-order chi connectivity index (χ1) is 6.68. The molecule has 0 fully saturated rings. The molecule has 1 rings (SSSR count). The number of amidine groups is 1. The maximum atomic E-state index is 12.7. The number of thioether (sulfide) groups is 1. The van der Waals surface area contributed by atoms with Crippen molar-refractivity contribution in [2.24, 2.45) is 5.73 Å². The Balaban J connectivity index is 2.28. The van der Waals surface area contributed by atoms with Gasteiger partial charge in [-0.3, -0.25) is 5.41 Å². The normalized spacial score (nSPS) is 10.1. The largest absolute Gasteiger partial charge is 0.388 e. The number of nitrogens with one attached hydrogen (secondary N) is 1. The Labute approximate surface area is 87.2 Å². The number of benzene rings is 1. The molecule has 4 heteroatoms. The van der Waals surface area contributed by atoms with Crippen LogP contribution in [0.25, 0.3) is 0 Å². The van der Waals surface area contributed by atoms with Crippen molar-refractivity contribution in [3.05, 3.63) is 30.1 Å². The van der Waals surface area contributed by atoms with Gasteiger partial charge in [0.05, 0.1) is 5.84 Å². The molecule has 1 aromatic rings. The van der Waals surface area contributed by atoms with Crippen molar-refractivity contribution in [2.45, 2.75) is 17.7 Å². The summed E-state index contributed by atoms with van der Waals surface area (Å²) < 4.78 is 12.7. The van der Waals surface area contributed by atoms with Crippen molar-refractivity contribution >= 4 is 17.6 Å². The molecule has 0 bridgehead atoms. The van der Waals surface area contributed by atoms with Gasteiger partial charge in [-0.2, -0.15) is 0 Å². The lowest BCUT2D eigenvalue weighted by molar-refractivity contribution is 0.624. The van der Waals surface area contributed by atoms with Crippen LogP contribution >= 0.6 is 11.8 Å². The van der Waals surface area contributed by atoms with E-state index in [2.05, 4.69) is 0 Å². The zero-order valence-electron chi connectivity index (χ0n) is 7.79. The fourth-order valence-electron chi connectivity index (χ4n) is 1.01. The van der Waals surface area contributed by atoms with E-state index in [1.54, 1.807) is 17.8 Å². The molecule has 14 heavy (non-hydrogen) atoms. The van der Waals surface area contributed by atoms with E-state index in [1.165, 1.54) is 12.1 Å². The molecule has 0 aliphatic carbocycles.